The standard InChI is InChI=1S/C21H27N3O3/c1-4-18-19(15(3)25)14(2)23-20(18)21(26)24(13-17-8-6-10-27-17)12-16-7-5-9-22-11-16/h5,7,9,11,17,23H,4,6,8,10,12-13H2,1-3H3. The SMILES string of the molecule is CCc1c(C(=O)N(Cc2cccnc2)CC2CCCO2)[nH]c(C)c1C(C)=O. The average Bonchev–Trinajstić information content (AvgIpc) is 3.28. The number of carbonyl (C=O) groups is 2. The quantitative estimate of drug-likeness (QED) is 0.760. The Balaban J connectivity index is 1.92. The fourth-order valence-electron chi connectivity index (χ4n) is 3.81. The number of hydrogen-bond donors (Lipinski definition) is 1. The molecule has 6 heteroatoms. The second-order valence-corrected chi connectivity index (χ2v) is 7.07. The van der Waals surface area contributed by atoms with E-state index in [1.165, 1.54) is 0 Å². The minimum atomic E-state index is -0.0956. The number of ketones is 1. The molecule has 0 saturated carbocycles. The van der Waals surface area contributed by atoms with E-state index in [1.54, 1.807) is 24.2 Å². The number of nitrogens with one attached hydrogen (secondary N) is 1. The van der Waals surface area contributed by atoms with Gasteiger partial charge in [-0.1, -0.05) is 13.0 Å². The van der Waals surface area contributed by atoms with E-state index in [2.05, 4.69) is 9.97 Å². The number of pyridine rings is 1. The lowest BCUT2D eigenvalue weighted by Crippen LogP contribution is -2.37. The molecule has 1 unspecified atom stereocenters. The van der Waals surface area contributed by atoms with Crippen LogP contribution in [0.4, 0.5) is 0 Å². The molecule has 2 aromatic rings. The van der Waals surface area contributed by atoms with Crippen LogP contribution in [-0.4, -0.2) is 45.8 Å². The molecule has 1 amide bonds. The molecule has 1 atom stereocenters. The van der Waals surface area contributed by atoms with Crippen LogP contribution < -0.4 is 0 Å². The van der Waals surface area contributed by atoms with Gasteiger partial charge in [-0.3, -0.25) is 14.6 Å². The normalized spacial score (nSPS) is 16.5. The van der Waals surface area contributed by atoms with Crippen molar-refractivity contribution in [2.24, 2.45) is 0 Å². The van der Waals surface area contributed by atoms with E-state index in [-0.39, 0.29) is 17.8 Å². The molecular formula is C21H27N3O3. The predicted molar refractivity (Wildman–Crippen MR) is 103 cm³/mol. The second-order valence-electron chi connectivity index (χ2n) is 7.07. The molecule has 3 heterocycles. The van der Waals surface area contributed by atoms with Gasteiger partial charge in [-0.2, -0.15) is 0 Å². The van der Waals surface area contributed by atoms with E-state index >= 15 is 0 Å². The molecule has 0 spiro atoms. The van der Waals surface area contributed by atoms with Gasteiger partial charge >= 0.3 is 0 Å². The van der Waals surface area contributed by atoms with Gasteiger partial charge in [-0.05, 0) is 50.3 Å². The van der Waals surface area contributed by atoms with E-state index in [9.17, 15) is 9.59 Å². The molecule has 0 aliphatic carbocycles. The molecule has 144 valence electrons. The summed E-state index contributed by atoms with van der Waals surface area (Å²) in [7, 11) is 0. The van der Waals surface area contributed by atoms with Crippen LogP contribution in [0.25, 0.3) is 0 Å². The number of Topliss-reactive ketones (excluding diaryl/α,β-unsaturated/α-hetero) is 1. The summed E-state index contributed by atoms with van der Waals surface area (Å²) in [5.74, 6) is -0.112. The van der Waals surface area contributed by atoms with E-state index in [4.69, 9.17) is 4.74 Å². The van der Waals surface area contributed by atoms with Gasteiger partial charge in [0.2, 0.25) is 0 Å². The van der Waals surface area contributed by atoms with Crippen molar-refractivity contribution in [1.29, 1.82) is 0 Å². The Kier molecular flexibility index (Phi) is 6.06. The van der Waals surface area contributed by atoms with Crippen molar-refractivity contribution in [2.75, 3.05) is 13.2 Å². The molecular weight excluding hydrogens is 342 g/mol. The average molecular weight is 369 g/mol. The molecule has 6 nitrogen and oxygen atoms in total. The Hall–Kier alpha value is -2.47. The van der Waals surface area contributed by atoms with Gasteiger partial charge in [0, 0.05) is 43.3 Å². The zero-order valence-electron chi connectivity index (χ0n) is 16.2. The molecule has 0 bridgehead atoms. The number of nitrogens with zero attached hydrogens (tertiary/aromatic N) is 2. The molecule has 1 fully saturated rings. The van der Waals surface area contributed by atoms with Crippen LogP contribution in [0.1, 0.15) is 64.4 Å². The van der Waals surface area contributed by atoms with Crippen molar-refractivity contribution >= 4 is 11.7 Å². The lowest BCUT2D eigenvalue weighted by atomic mass is 10.0. The lowest BCUT2D eigenvalue weighted by molar-refractivity contribution is 0.0502. The molecule has 1 aliphatic heterocycles. The Morgan fingerprint density at radius 2 is 2.22 bits per heavy atom. The van der Waals surface area contributed by atoms with E-state index in [0.29, 0.717) is 30.8 Å². The van der Waals surface area contributed by atoms with E-state index < -0.39 is 0 Å². The van der Waals surface area contributed by atoms with Crippen LogP contribution in [-0.2, 0) is 17.7 Å². The second kappa shape index (κ2) is 8.48. The van der Waals surface area contributed by atoms with Gasteiger partial charge < -0.3 is 14.6 Å². The largest absolute Gasteiger partial charge is 0.376 e. The third-order valence-electron chi connectivity index (χ3n) is 5.04. The first-order valence-electron chi connectivity index (χ1n) is 9.53. The molecule has 0 aromatic carbocycles. The summed E-state index contributed by atoms with van der Waals surface area (Å²) in [6, 6.07) is 3.83. The summed E-state index contributed by atoms with van der Waals surface area (Å²) in [5.41, 5.74) is 3.67. The fourth-order valence-corrected chi connectivity index (χ4v) is 3.81. The maximum absolute atomic E-state index is 13.4. The van der Waals surface area contributed by atoms with Crippen molar-refractivity contribution < 1.29 is 14.3 Å². The highest BCUT2D eigenvalue weighted by atomic mass is 16.5. The van der Waals surface area contributed by atoms with Crippen LogP contribution in [0.3, 0.4) is 0 Å². The molecule has 1 N–H and O–H groups in total. The lowest BCUT2D eigenvalue weighted by Gasteiger charge is -2.25. The summed E-state index contributed by atoms with van der Waals surface area (Å²) < 4.78 is 5.76. The van der Waals surface area contributed by atoms with Crippen LogP contribution in [0.15, 0.2) is 24.5 Å². The summed E-state index contributed by atoms with van der Waals surface area (Å²) in [6.45, 7) is 7.10. The minimum absolute atomic E-state index is 0.0161. The summed E-state index contributed by atoms with van der Waals surface area (Å²) in [5, 5.41) is 0. The van der Waals surface area contributed by atoms with Gasteiger partial charge in [-0.15, -0.1) is 0 Å². The number of hydrogen-bond acceptors (Lipinski definition) is 4. The topological polar surface area (TPSA) is 75.3 Å². The minimum Gasteiger partial charge on any atom is -0.376 e. The maximum atomic E-state index is 13.4. The van der Waals surface area contributed by atoms with Crippen LogP contribution in [0, 0.1) is 6.92 Å². The molecule has 3 rings (SSSR count). The summed E-state index contributed by atoms with van der Waals surface area (Å²) in [4.78, 5) is 34.6. The van der Waals surface area contributed by atoms with Gasteiger partial charge in [0.05, 0.1) is 6.10 Å². The number of aromatic nitrogens is 2. The third-order valence-corrected chi connectivity index (χ3v) is 5.04. The van der Waals surface area contributed by atoms with Crippen molar-refractivity contribution in [1.82, 2.24) is 14.9 Å². The van der Waals surface area contributed by atoms with Gasteiger partial charge in [0.1, 0.15) is 5.69 Å². The van der Waals surface area contributed by atoms with Crippen LogP contribution in [0.2, 0.25) is 0 Å². The number of carbonyl (C=O) groups excluding carboxylic acids is 2. The first-order chi connectivity index (χ1) is 13.0. The van der Waals surface area contributed by atoms with E-state index in [1.807, 2.05) is 26.0 Å². The number of amides is 1. The monoisotopic (exact) mass is 369 g/mol. The van der Waals surface area contributed by atoms with Crippen molar-refractivity contribution in [3.63, 3.8) is 0 Å². The molecule has 1 saturated heterocycles. The molecule has 27 heavy (non-hydrogen) atoms. The number of rotatable bonds is 7. The highest BCUT2D eigenvalue weighted by Crippen LogP contribution is 2.23. The maximum Gasteiger partial charge on any atom is 0.270 e. The first kappa shape index (κ1) is 19.3. The predicted octanol–water partition coefficient (Wildman–Crippen LogP) is 3.30. The molecule has 1 aliphatic rings. The zero-order chi connectivity index (χ0) is 19.4. The summed E-state index contributed by atoms with van der Waals surface area (Å²) in [6.07, 6.45) is 6.16. The highest BCUT2D eigenvalue weighted by molar-refractivity contribution is 6.02. The Morgan fingerprint density at radius 1 is 1.41 bits per heavy atom. The number of ether oxygens (including phenoxy) is 1. The number of aryl methyl sites for hydroxylation is 1. The summed E-state index contributed by atoms with van der Waals surface area (Å²) >= 11 is 0. The van der Waals surface area contributed by atoms with Crippen molar-refractivity contribution in [3.05, 3.63) is 52.6 Å². The van der Waals surface area contributed by atoms with Crippen molar-refractivity contribution in [2.45, 2.75) is 52.7 Å². The van der Waals surface area contributed by atoms with E-state index in [0.717, 1.165) is 36.3 Å². The number of aromatic amines is 1. The van der Waals surface area contributed by atoms with Gasteiger partial charge in [0.15, 0.2) is 5.78 Å². The highest BCUT2D eigenvalue weighted by Gasteiger charge is 2.28. The molecule has 0 radical (unpaired) electrons. The Labute approximate surface area is 159 Å². The van der Waals surface area contributed by atoms with Crippen molar-refractivity contribution in [3.8, 4) is 0 Å². The van der Waals surface area contributed by atoms with Gasteiger partial charge in [0.25, 0.3) is 5.91 Å². The number of H-pyrrole nitrogens is 1. The Bertz CT molecular complexity index is 808. The molecule has 2 aromatic heterocycles. The smallest absolute Gasteiger partial charge is 0.270 e. The van der Waals surface area contributed by atoms with Crippen LogP contribution in [0.5, 0.6) is 0 Å². The van der Waals surface area contributed by atoms with Gasteiger partial charge in [-0.25, -0.2) is 0 Å². The third kappa shape index (κ3) is 4.27. The zero-order valence-corrected chi connectivity index (χ0v) is 16.2. The first-order valence-corrected chi connectivity index (χ1v) is 9.53. The fraction of sp³-hybridized carbons (Fsp3) is 0.476. The van der Waals surface area contributed by atoms with Crippen LogP contribution >= 0.6 is 0 Å². The Morgan fingerprint density at radius 3 is 2.81 bits per heavy atom.